The fourth-order valence-corrected chi connectivity index (χ4v) is 4.25. The second-order valence-electron chi connectivity index (χ2n) is 7.56. The van der Waals surface area contributed by atoms with Gasteiger partial charge in [0.05, 0.1) is 17.9 Å². The summed E-state index contributed by atoms with van der Waals surface area (Å²) in [5, 5.41) is 9.63. The molecule has 0 amide bonds. The Morgan fingerprint density at radius 2 is 1.90 bits per heavy atom. The Morgan fingerprint density at radius 1 is 1.10 bits per heavy atom. The van der Waals surface area contributed by atoms with E-state index in [0.29, 0.717) is 12.4 Å². The summed E-state index contributed by atoms with van der Waals surface area (Å²) >= 11 is 0. The van der Waals surface area contributed by atoms with Crippen LogP contribution in [-0.2, 0) is 6.42 Å². The Balaban J connectivity index is 2.01. The fraction of sp³-hybridized carbons (Fsp3) is 0.222. The van der Waals surface area contributed by atoms with Crippen LogP contribution in [0.25, 0.3) is 16.8 Å². The highest BCUT2D eigenvalue weighted by Gasteiger charge is 2.24. The summed E-state index contributed by atoms with van der Waals surface area (Å²) in [6.07, 6.45) is 10.2. The molecule has 0 saturated heterocycles. The van der Waals surface area contributed by atoms with Gasteiger partial charge in [0.25, 0.3) is 0 Å². The van der Waals surface area contributed by atoms with Gasteiger partial charge in [0.2, 0.25) is 0 Å². The highest BCUT2D eigenvalue weighted by atomic mass is 16.5. The molecule has 1 heterocycles. The average molecular weight is 414 g/mol. The molecule has 2 aromatic carbocycles. The molecule has 0 bridgehead atoms. The van der Waals surface area contributed by atoms with Gasteiger partial charge < -0.3 is 14.4 Å². The van der Waals surface area contributed by atoms with Crippen molar-refractivity contribution >= 4 is 5.97 Å². The Labute approximate surface area is 183 Å². The van der Waals surface area contributed by atoms with Gasteiger partial charge in [-0.2, -0.15) is 0 Å². The first-order chi connectivity index (χ1) is 15.1. The molecule has 1 N–H and O–H groups in total. The van der Waals surface area contributed by atoms with Gasteiger partial charge in [0, 0.05) is 22.9 Å². The van der Waals surface area contributed by atoms with Crippen LogP contribution in [0.5, 0.6) is 5.75 Å². The second kappa shape index (κ2) is 9.09. The van der Waals surface area contributed by atoms with Gasteiger partial charge in [0.15, 0.2) is 0 Å². The zero-order valence-electron chi connectivity index (χ0n) is 17.9. The predicted molar refractivity (Wildman–Crippen MR) is 124 cm³/mol. The van der Waals surface area contributed by atoms with Crippen LogP contribution < -0.4 is 4.74 Å². The van der Waals surface area contributed by atoms with Crippen molar-refractivity contribution in [3.63, 3.8) is 0 Å². The van der Waals surface area contributed by atoms with E-state index in [-0.39, 0.29) is 11.5 Å². The van der Waals surface area contributed by atoms with Crippen molar-refractivity contribution in [2.75, 3.05) is 6.61 Å². The highest BCUT2D eigenvalue weighted by molar-refractivity contribution is 5.89. The minimum atomic E-state index is -0.945. The number of allylic oxidation sites excluding steroid dienone is 4. The lowest BCUT2D eigenvalue weighted by molar-refractivity contribution is 0.0697. The number of nitrogens with zero attached hydrogens (tertiary/aromatic N) is 1. The van der Waals surface area contributed by atoms with E-state index in [0.717, 1.165) is 35.5 Å². The Morgan fingerprint density at radius 3 is 2.55 bits per heavy atom. The summed E-state index contributed by atoms with van der Waals surface area (Å²) in [5.74, 6) is -0.0513. The maximum absolute atomic E-state index is 11.8. The molecule has 3 aromatic rings. The second-order valence-corrected chi connectivity index (χ2v) is 7.56. The van der Waals surface area contributed by atoms with Crippen LogP contribution in [0.4, 0.5) is 0 Å². The van der Waals surface area contributed by atoms with Crippen LogP contribution in [0.3, 0.4) is 0 Å². The SMILES string of the molecule is CCOc1ccc(C(=O)O)cc1-n1c(C2C=CC=CC2)cc(-c2ccccc2)c1CC. The summed E-state index contributed by atoms with van der Waals surface area (Å²) in [7, 11) is 0. The van der Waals surface area contributed by atoms with Gasteiger partial charge in [-0.05, 0) is 49.6 Å². The van der Waals surface area contributed by atoms with E-state index in [1.165, 1.54) is 5.56 Å². The molecule has 31 heavy (non-hydrogen) atoms. The van der Waals surface area contributed by atoms with E-state index < -0.39 is 5.97 Å². The topological polar surface area (TPSA) is 51.5 Å². The Kier molecular flexibility index (Phi) is 6.08. The maximum Gasteiger partial charge on any atom is 0.335 e. The van der Waals surface area contributed by atoms with Crippen molar-refractivity contribution in [1.82, 2.24) is 4.57 Å². The van der Waals surface area contributed by atoms with Crippen LogP contribution in [0, 0.1) is 0 Å². The molecule has 1 unspecified atom stereocenters. The molecule has 0 spiro atoms. The van der Waals surface area contributed by atoms with Crippen molar-refractivity contribution in [2.45, 2.75) is 32.6 Å². The lowest BCUT2D eigenvalue weighted by atomic mass is 9.96. The zero-order valence-corrected chi connectivity index (χ0v) is 17.9. The van der Waals surface area contributed by atoms with Gasteiger partial charge in [-0.15, -0.1) is 0 Å². The highest BCUT2D eigenvalue weighted by Crippen LogP contribution is 2.39. The standard InChI is InChI=1S/C27H27NO3/c1-3-23-22(19-11-7-5-8-12-19)18-24(20-13-9-6-10-14-20)28(23)25-17-21(27(29)30)15-16-26(25)31-4-2/h5-13,15-18,20H,3-4,14H2,1-2H3,(H,29,30). The van der Waals surface area contributed by atoms with Crippen LogP contribution in [0.1, 0.15) is 47.9 Å². The van der Waals surface area contributed by atoms with Crippen molar-refractivity contribution in [1.29, 1.82) is 0 Å². The number of hydrogen-bond acceptors (Lipinski definition) is 2. The zero-order chi connectivity index (χ0) is 21.8. The van der Waals surface area contributed by atoms with Crippen LogP contribution in [-0.4, -0.2) is 22.2 Å². The molecular weight excluding hydrogens is 386 g/mol. The molecule has 1 atom stereocenters. The number of carboxylic acids is 1. The molecular formula is C27H27NO3. The molecule has 158 valence electrons. The molecule has 1 aromatic heterocycles. The molecule has 1 aliphatic rings. The molecule has 0 aliphatic heterocycles. The quantitative estimate of drug-likeness (QED) is 0.487. The number of aromatic nitrogens is 1. The van der Waals surface area contributed by atoms with Crippen LogP contribution >= 0.6 is 0 Å². The normalized spacial score (nSPS) is 15.2. The third kappa shape index (κ3) is 4.06. The monoisotopic (exact) mass is 413 g/mol. The predicted octanol–water partition coefficient (Wildman–Crippen LogP) is 6.40. The summed E-state index contributed by atoms with van der Waals surface area (Å²) in [5.41, 5.74) is 5.64. The van der Waals surface area contributed by atoms with Gasteiger partial charge >= 0.3 is 5.97 Å². The van der Waals surface area contributed by atoms with E-state index in [2.05, 4.69) is 54.0 Å². The minimum absolute atomic E-state index is 0.204. The molecule has 1 aliphatic carbocycles. The molecule has 4 nitrogen and oxygen atoms in total. The number of carboxylic acid groups (broad SMARTS) is 1. The van der Waals surface area contributed by atoms with Gasteiger partial charge in [-0.3, -0.25) is 0 Å². The average Bonchev–Trinajstić information content (AvgIpc) is 3.20. The first-order valence-electron chi connectivity index (χ1n) is 10.8. The Bertz CT molecular complexity index is 1140. The van der Waals surface area contributed by atoms with Crippen molar-refractivity contribution in [3.05, 3.63) is 95.9 Å². The van der Waals surface area contributed by atoms with Gasteiger partial charge in [0.1, 0.15) is 5.75 Å². The summed E-state index contributed by atoms with van der Waals surface area (Å²) < 4.78 is 8.15. The van der Waals surface area contributed by atoms with Crippen molar-refractivity contribution < 1.29 is 14.6 Å². The lowest BCUT2D eigenvalue weighted by Gasteiger charge is -2.21. The molecule has 4 heteroatoms. The molecule has 0 fully saturated rings. The van der Waals surface area contributed by atoms with Gasteiger partial charge in [-0.25, -0.2) is 4.79 Å². The third-order valence-corrected chi connectivity index (χ3v) is 5.66. The van der Waals surface area contributed by atoms with E-state index in [1.54, 1.807) is 18.2 Å². The summed E-state index contributed by atoms with van der Waals surface area (Å²) in [4.78, 5) is 11.8. The van der Waals surface area contributed by atoms with Crippen molar-refractivity contribution in [2.24, 2.45) is 0 Å². The van der Waals surface area contributed by atoms with Crippen LogP contribution in [0.2, 0.25) is 0 Å². The summed E-state index contributed by atoms with van der Waals surface area (Å²) in [6.45, 7) is 4.59. The minimum Gasteiger partial charge on any atom is -0.492 e. The first kappa shape index (κ1) is 20.7. The van der Waals surface area contributed by atoms with Crippen molar-refractivity contribution in [3.8, 4) is 22.6 Å². The molecule has 4 rings (SSSR count). The number of hydrogen-bond donors (Lipinski definition) is 1. The summed E-state index contributed by atoms with van der Waals surface area (Å²) in [6, 6.07) is 17.7. The van der Waals surface area contributed by atoms with Crippen LogP contribution in [0.15, 0.2) is 78.9 Å². The number of rotatable bonds is 7. The Hall–Kier alpha value is -3.53. The lowest BCUT2D eigenvalue weighted by Crippen LogP contribution is -2.11. The fourth-order valence-electron chi connectivity index (χ4n) is 4.25. The first-order valence-corrected chi connectivity index (χ1v) is 10.8. The van der Waals surface area contributed by atoms with E-state index >= 15 is 0 Å². The van der Waals surface area contributed by atoms with E-state index in [1.807, 2.05) is 25.1 Å². The molecule has 0 radical (unpaired) electrons. The van der Waals surface area contributed by atoms with Gasteiger partial charge in [-0.1, -0.05) is 61.6 Å². The van der Waals surface area contributed by atoms with E-state index in [4.69, 9.17) is 4.74 Å². The van der Waals surface area contributed by atoms with E-state index in [9.17, 15) is 9.90 Å². The molecule has 0 saturated carbocycles. The number of carbonyl (C=O) groups is 1. The third-order valence-electron chi connectivity index (χ3n) is 5.66. The number of ether oxygens (including phenoxy) is 1. The number of benzene rings is 2. The maximum atomic E-state index is 11.8. The number of aromatic carboxylic acids is 1. The largest absolute Gasteiger partial charge is 0.492 e. The smallest absolute Gasteiger partial charge is 0.335 e.